The molecule has 2 heterocycles. The van der Waals surface area contributed by atoms with Crippen molar-refractivity contribution in [3.8, 4) is 11.4 Å². The fourth-order valence-corrected chi connectivity index (χ4v) is 3.12. The van der Waals surface area contributed by atoms with Crippen LogP contribution in [0.1, 0.15) is 0 Å². The first-order valence-electron chi connectivity index (χ1n) is 6.94. The SMILES string of the molecule is NS(=O)(=O)c1ccc2[nH]c(=O)c3nnc(-c4ccccc4)n3c2c1. The van der Waals surface area contributed by atoms with E-state index in [4.69, 9.17) is 5.14 Å². The zero-order valence-corrected chi connectivity index (χ0v) is 13.0. The fourth-order valence-electron chi connectivity index (χ4n) is 2.59. The van der Waals surface area contributed by atoms with E-state index in [1.807, 2.05) is 30.3 Å². The third-order valence-corrected chi connectivity index (χ3v) is 4.60. The number of nitrogens with two attached hydrogens (primary N) is 1. The second-order valence-electron chi connectivity index (χ2n) is 5.23. The number of aromatic amines is 1. The first kappa shape index (κ1) is 14.5. The first-order chi connectivity index (χ1) is 11.4. The molecule has 0 aliphatic heterocycles. The van der Waals surface area contributed by atoms with E-state index in [-0.39, 0.29) is 10.5 Å². The van der Waals surface area contributed by atoms with Crippen LogP contribution in [0, 0.1) is 0 Å². The highest BCUT2D eigenvalue weighted by Gasteiger charge is 2.16. The van der Waals surface area contributed by atoms with E-state index in [1.54, 1.807) is 0 Å². The van der Waals surface area contributed by atoms with Crippen molar-refractivity contribution in [2.24, 2.45) is 5.14 Å². The van der Waals surface area contributed by atoms with Crippen molar-refractivity contribution in [1.82, 2.24) is 19.6 Å². The standard InChI is InChI=1S/C15H11N5O3S/c16-24(22,23)10-6-7-11-12(8-10)20-13(9-4-2-1-3-5-9)18-19-14(20)15(21)17-11/h1-8H,(H,17,21)(H2,16,22,23). The van der Waals surface area contributed by atoms with Crippen LogP contribution in [0.15, 0.2) is 58.2 Å². The van der Waals surface area contributed by atoms with Crippen LogP contribution in [0.4, 0.5) is 0 Å². The van der Waals surface area contributed by atoms with Gasteiger partial charge in [0.1, 0.15) is 0 Å². The lowest BCUT2D eigenvalue weighted by molar-refractivity contribution is 0.598. The van der Waals surface area contributed by atoms with Crippen molar-refractivity contribution < 1.29 is 8.42 Å². The number of hydrogen-bond acceptors (Lipinski definition) is 5. The van der Waals surface area contributed by atoms with Crippen LogP contribution < -0.4 is 10.7 Å². The summed E-state index contributed by atoms with van der Waals surface area (Å²) in [4.78, 5) is 14.8. The lowest BCUT2D eigenvalue weighted by Crippen LogP contribution is -2.14. The summed E-state index contributed by atoms with van der Waals surface area (Å²) in [6.07, 6.45) is 0. The number of nitrogens with zero attached hydrogens (tertiary/aromatic N) is 3. The molecule has 0 unspecified atom stereocenters. The van der Waals surface area contributed by atoms with E-state index in [0.717, 1.165) is 5.56 Å². The summed E-state index contributed by atoms with van der Waals surface area (Å²) in [7, 11) is -3.88. The van der Waals surface area contributed by atoms with Crippen molar-refractivity contribution in [1.29, 1.82) is 0 Å². The number of H-pyrrole nitrogens is 1. The van der Waals surface area contributed by atoms with Gasteiger partial charge in [0.05, 0.1) is 15.9 Å². The summed E-state index contributed by atoms with van der Waals surface area (Å²) in [5, 5.41) is 13.2. The molecular weight excluding hydrogens is 330 g/mol. The Hall–Kier alpha value is -3.04. The van der Waals surface area contributed by atoms with Crippen molar-refractivity contribution in [2.45, 2.75) is 4.90 Å². The minimum atomic E-state index is -3.88. The maximum Gasteiger partial charge on any atom is 0.294 e. The lowest BCUT2D eigenvalue weighted by Gasteiger charge is -2.06. The van der Waals surface area contributed by atoms with Crippen molar-refractivity contribution in [3.63, 3.8) is 0 Å². The summed E-state index contributed by atoms with van der Waals surface area (Å²) >= 11 is 0. The number of primary sulfonamides is 1. The highest BCUT2D eigenvalue weighted by molar-refractivity contribution is 7.89. The van der Waals surface area contributed by atoms with Crippen molar-refractivity contribution in [3.05, 3.63) is 58.9 Å². The number of rotatable bonds is 2. The van der Waals surface area contributed by atoms with Crippen molar-refractivity contribution in [2.75, 3.05) is 0 Å². The van der Waals surface area contributed by atoms with Crippen LogP contribution in [0.3, 0.4) is 0 Å². The van der Waals surface area contributed by atoms with Gasteiger partial charge in [-0.05, 0) is 18.2 Å². The Morgan fingerprint density at radius 2 is 1.79 bits per heavy atom. The van der Waals surface area contributed by atoms with Crippen LogP contribution >= 0.6 is 0 Å². The summed E-state index contributed by atoms with van der Waals surface area (Å²) in [5.41, 5.74) is 1.31. The molecule has 4 aromatic rings. The molecule has 3 N–H and O–H groups in total. The predicted octanol–water partition coefficient (Wildman–Crippen LogP) is 0.885. The molecule has 2 aromatic carbocycles. The number of aromatic nitrogens is 4. The molecule has 0 aliphatic carbocycles. The Morgan fingerprint density at radius 3 is 2.50 bits per heavy atom. The minimum Gasteiger partial charge on any atom is -0.317 e. The van der Waals surface area contributed by atoms with Gasteiger partial charge in [0.15, 0.2) is 5.82 Å². The first-order valence-corrected chi connectivity index (χ1v) is 8.49. The normalized spacial score (nSPS) is 12.0. The second-order valence-corrected chi connectivity index (χ2v) is 6.79. The molecule has 0 spiro atoms. The van der Waals surface area contributed by atoms with Crippen LogP contribution in [0.5, 0.6) is 0 Å². The van der Waals surface area contributed by atoms with Gasteiger partial charge in [0.2, 0.25) is 15.7 Å². The lowest BCUT2D eigenvalue weighted by atomic mass is 10.2. The van der Waals surface area contributed by atoms with Gasteiger partial charge < -0.3 is 4.98 Å². The number of hydrogen-bond donors (Lipinski definition) is 2. The van der Waals surface area contributed by atoms with E-state index >= 15 is 0 Å². The van der Waals surface area contributed by atoms with Gasteiger partial charge in [-0.3, -0.25) is 9.20 Å². The highest BCUT2D eigenvalue weighted by atomic mass is 32.2. The average molecular weight is 341 g/mol. The maximum atomic E-state index is 12.2. The van der Waals surface area contributed by atoms with E-state index in [9.17, 15) is 13.2 Å². The minimum absolute atomic E-state index is 0.0592. The van der Waals surface area contributed by atoms with E-state index in [2.05, 4.69) is 15.2 Å². The summed E-state index contributed by atoms with van der Waals surface area (Å²) < 4.78 is 24.8. The Morgan fingerprint density at radius 1 is 1.04 bits per heavy atom. The zero-order chi connectivity index (χ0) is 16.9. The molecular formula is C15H11N5O3S. The quantitative estimate of drug-likeness (QED) is 0.560. The van der Waals surface area contributed by atoms with E-state index in [1.165, 1.54) is 22.6 Å². The molecule has 0 saturated heterocycles. The van der Waals surface area contributed by atoms with Gasteiger partial charge in [0, 0.05) is 5.56 Å². The third kappa shape index (κ3) is 2.18. The summed E-state index contributed by atoms with van der Waals surface area (Å²) in [6.45, 7) is 0. The van der Waals surface area contributed by atoms with E-state index in [0.29, 0.717) is 16.9 Å². The molecule has 0 amide bonds. The van der Waals surface area contributed by atoms with Gasteiger partial charge in [-0.25, -0.2) is 13.6 Å². The zero-order valence-electron chi connectivity index (χ0n) is 12.2. The Bertz CT molecular complexity index is 1240. The van der Waals surface area contributed by atoms with Crippen LogP contribution in [-0.4, -0.2) is 28.0 Å². The molecule has 0 atom stereocenters. The van der Waals surface area contributed by atoms with Crippen LogP contribution in [0.2, 0.25) is 0 Å². The molecule has 24 heavy (non-hydrogen) atoms. The Kier molecular flexibility index (Phi) is 3.02. The average Bonchev–Trinajstić information content (AvgIpc) is 3.00. The molecule has 9 heteroatoms. The van der Waals surface area contributed by atoms with Crippen molar-refractivity contribution >= 4 is 26.7 Å². The number of benzene rings is 2. The Balaban J connectivity index is 2.19. The molecule has 2 aromatic heterocycles. The topological polar surface area (TPSA) is 123 Å². The molecule has 0 radical (unpaired) electrons. The predicted molar refractivity (Wildman–Crippen MR) is 87.9 cm³/mol. The smallest absolute Gasteiger partial charge is 0.294 e. The van der Waals surface area contributed by atoms with Crippen LogP contribution in [-0.2, 0) is 10.0 Å². The monoisotopic (exact) mass is 341 g/mol. The molecule has 4 rings (SSSR count). The molecule has 120 valence electrons. The number of sulfonamides is 1. The van der Waals surface area contributed by atoms with Gasteiger partial charge >= 0.3 is 0 Å². The summed E-state index contributed by atoms with van der Waals surface area (Å²) in [5.74, 6) is 0.438. The number of fused-ring (bicyclic) bond motifs is 3. The maximum absolute atomic E-state index is 12.2. The van der Waals surface area contributed by atoms with Crippen LogP contribution in [0.25, 0.3) is 28.1 Å². The molecule has 0 fully saturated rings. The third-order valence-electron chi connectivity index (χ3n) is 3.68. The van der Waals surface area contributed by atoms with Gasteiger partial charge in [0.25, 0.3) is 5.56 Å². The van der Waals surface area contributed by atoms with Gasteiger partial charge in [-0.15, -0.1) is 10.2 Å². The van der Waals surface area contributed by atoms with E-state index < -0.39 is 15.6 Å². The Labute approximate surface area is 135 Å². The molecule has 8 nitrogen and oxygen atoms in total. The summed E-state index contributed by atoms with van der Waals surface area (Å²) in [6, 6.07) is 13.4. The van der Waals surface area contributed by atoms with Gasteiger partial charge in [-0.2, -0.15) is 0 Å². The highest BCUT2D eigenvalue weighted by Crippen LogP contribution is 2.22. The largest absolute Gasteiger partial charge is 0.317 e. The second kappa shape index (κ2) is 4.98. The number of nitrogens with one attached hydrogen (secondary N) is 1. The molecule has 0 aliphatic rings. The van der Waals surface area contributed by atoms with Gasteiger partial charge in [-0.1, -0.05) is 30.3 Å². The molecule has 0 bridgehead atoms. The fraction of sp³-hybridized carbons (Fsp3) is 0. The molecule has 0 saturated carbocycles.